The molecular formula is C18H16N2O8S. The summed E-state index contributed by atoms with van der Waals surface area (Å²) in [6.45, 7) is 0. The molecule has 0 atom stereocenters. The Morgan fingerprint density at radius 2 is 1.48 bits per heavy atom. The fourth-order valence-electron chi connectivity index (χ4n) is 2.91. The zero-order chi connectivity index (χ0) is 21.2. The van der Waals surface area contributed by atoms with Crippen molar-refractivity contribution in [2.45, 2.75) is 32.1 Å². The maximum Gasteiger partial charge on any atom is 0.421 e. The van der Waals surface area contributed by atoms with Gasteiger partial charge in [0.15, 0.2) is 0 Å². The number of aryl methyl sites for hydroxylation is 1. The van der Waals surface area contributed by atoms with Gasteiger partial charge >= 0.3 is 16.3 Å². The number of hydrogen-bond donors (Lipinski definition) is 0. The molecule has 0 aromatic heterocycles. The number of amides is 4. The van der Waals surface area contributed by atoms with Crippen molar-refractivity contribution in [1.29, 1.82) is 0 Å². The summed E-state index contributed by atoms with van der Waals surface area (Å²) in [5.74, 6) is -3.78. The summed E-state index contributed by atoms with van der Waals surface area (Å²) in [5, 5.41) is 0. The van der Waals surface area contributed by atoms with E-state index in [0.29, 0.717) is 12.1 Å². The average Bonchev–Trinajstić information content (AvgIpc) is 3.16. The molecule has 1 saturated heterocycles. The molecule has 0 radical (unpaired) electrons. The van der Waals surface area contributed by atoms with Crippen LogP contribution >= 0.6 is 0 Å². The molecule has 2 heterocycles. The van der Waals surface area contributed by atoms with E-state index in [9.17, 15) is 32.4 Å². The number of nitrogens with zero attached hydrogens (tertiary/aromatic N) is 2. The molecule has 11 heteroatoms. The van der Waals surface area contributed by atoms with Crippen LogP contribution in [0.2, 0.25) is 0 Å². The highest BCUT2D eigenvalue weighted by Gasteiger charge is 2.41. The van der Waals surface area contributed by atoms with Crippen molar-refractivity contribution < 1.29 is 36.6 Å². The summed E-state index contributed by atoms with van der Waals surface area (Å²) in [6.07, 6.45) is 2.28. The largest absolute Gasteiger partial charge is 0.421 e. The van der Waals surface area contributed by atoms with Crippen LogP contribution in [0, 0.1) is 0 Å². The van der Waals surface area contributed by atoms with Gasteiger partial charge in [0.05, 0.1) is 5.69 Å². The molecule has 152 valence electrons. The summed E-state index contributed by atoms with van der Waals surface area (Å²) in [6, 6.07) is 6.53. The van der Waals surface area contributed by atoms with Crippen molar-refractivity contribution in [1.82, 2.24) is 4.31 Å². The molecule has 0 spiro atoms. The van der Waals surface area contributed by atoms with Gasteiger partial charge in [-0.2, -0.15) is 8.42 Å². The van der Waals surface area contributed by atoms with Crippen LogP contribution in [0.3, 0.4) is 0 Å². The summed E-state index contributed by atoms with van der Waals surface area (Å²) >= 11 is 0. The minimum Gasteiger partial charge on any atom is -0.330 e. The van der Waals surface area contributed by atoms with Crippen LogP contribution in [0.15, 0.2) is 36.4 Å². The molecule has 0 unspecified atom stereocenters. The van der Waals surface area contributed by atoms with E-state index in [0.717, 1.165) is 10.5 Å². The minimum absolute atomic E-state index is 0.0145. The molecule has 1 fully saturated rings. The molecule has 1 aromatic rings. The zero-order valence-electron chi connectivity index (χ0n) is 15.1. The summed E-state index contributed by atoms with van der Waals surface area (Å²) in [7, 11) is -4.77. The zero-order valence-corrected chi connectivity index (χ0v) is 15.9. The van der Waals surface area contributed by atoms with Crippen molar-refractivity contribution in [3.63, 3.8) is 0 Å². The molecule has 0 aliphatic carbocycles. The first kappa shape index (κ1) is 20.4. The first-order valence-electron chi connectivity index (χ1n) is 8.67. The van der Waals surface area contributed by atoms with E-state index in [1.165, 1.54) is 12.2 Å². The average molecular weight is 420 g/mol. The smallest absolute Gasteiger partial charge is 0.330 e. The Bertz CT molecular complexity index is 992. The highest BCUT2D eigenvalue weighted by molar-refractivity contribution is 7.86. The lowest BCUT2D eigenvalue weighted by Crippen LogP contribution is -2.37. The topological polar surface area (TPSA) is 135 Å². The molecule has 0 N–H and O–H groups in total. The lowest BCUT2D eigenvalue weighted by Gasteiger charge is -2.14. The highest BCUT2D eigenvalue weighted by Crippen LogP contribution is 2.21. The van der Waals surface area contributed by atoms with E-state index < -0.39 is 39.9 Å². The van der Waals surface area contributed by atoms with Gasteiger partial charge < -0.3 is 4.18 Å². The molecule has 0 bridgehead atoms. The molecular weight excluding hydrogens is 404 g/mol. The van der Waals surface area contributed by atoms with Crippen molar-refractivity contribution in [2.75, 3.05) is 4.90 Å². The maximum absolute atomic E-state index is 11.9. The Morgan fingerprint density at radius 3 is 2.03 bits per heavy atom. The third kappa shape index (κ3) is 4.40. The number of rotatable bonds is 7. The number of benzene rings is 1. The Balaban J connectivity index is 1.50. The van der Waals surface area contributed by atoms with E-state index in [1.54, 1.807) is 24.3 Å². The van der Waals surface area contributed by atoms with Crippen LogP contribution in [0.1, 0.15) is 31.2 Å². The first-order valence-corrected chi connectivity index (χ1v) is 10.0. The summed E-state index contributed by atoms with van der Waals surface area (Å²) in [5.41, 5.74) is 1.21. The Hall–Kier alpha value is -3.34. The number of imide groups is 2. The fraction of sp³-hybridized carbons (Fsp3) is 0.278. The van der Waals surface area contributed by atoms with Crippen molar-refractivity contribution in [3.8, 4) is 0 Å². The highest BCUT2D eigenvalue weighted by atomic mass is 32.2. The van der Waals surface area contributed by atoms with Crippen molar-refractivity contribution in [2.24, 2.45) is 0 Å². The fourth-order valence-corrected chi connectivity index (χ4v) is 3.98. The van der Waals surface area contributed by atoms with Crippen LogP contribution in [0.4, 0.5) is 5.69 Å². The van der Waals surface area contributed by atoms with Crippen LogP contribution in [0.5, 0.6) is 0 Å². The molecule has 4 amide bonds. The lowest BCUT2D eigenvalue weighted by molar-refractivity contribution is -0.136. The second kappa shape index (κ2) is 7.95. The number of carbonyl (C=O) groups excluding carboxylic acids is 5. The Labute approximate surface area is 166 Å². The van der Waals surface area contributed by atoms with Crippen molar-refractivity contribution in [3.05, 3.63) is 42.0 Å². The van der Waals surface area contributed by atoms with Gasteiger partial charge in [0.25, 0.3) is 11.8 Å². The number of hydrogen-bond acceptors (Lipinski definition) is 8. The maximum atomic E-state index is 11.9. The normalized spacial score (nSPS) is 16.8. The summed E-state index contributed by atoms with van der Waals surface area (Å²) in [4.78, 5) is 59.0. The van der Waals surface area contributed by atoms with Crippen LogP contribution in [-0.2, 0) is 44.9 Å². The number of anilines is 1. The molecule has 2 aliphatic heterocycles. The third-order valence-electron chi connectivity index (χ3n) is 4.28. The Kier molecular flexibility index (Phi) is 5.59. The van der Waals surface area contributed by atoms with Crippen LogP contribution in [-0.4, -0.2) is 42.3 Å². The quantitative estimate of drug-likeness (QED) is 0.578. The molecule has 29 heavy (non-hydrogen) atoms. The first-order chi connectivity index (χ1) is 13.7. The Morgan fingerprint density at radius 1 is 0.931 bits per heavy atom. The van der Waals surface area contributed by atoms with Gasteiger partial charge in [-0.25, -0.2) is 4.90 Å². The second-order valence-electron chi connectivity index (χ2n) is 6.33. The van der Waals surface area contributed by atoms with Gasteiger partial charge in [-0.3, -0.25) is 24.0 Å². The van der Waals surface area contributed by atoms with Crippen molar-refractivity contribution >= 4 is 45.6 Å². The standard InChI is InChI=1S/C18H16N2O8S/c21-14-8-9-15(22)19(14)13-6-4-12(5-7-13)2-1-3-18(25)28-29(26,27)20-16(23)10-11-17(20)24/h4-9H,1-3,10-11H2. The van der Waals surface area contributed by atoms with E-state index in [2.05, 4.69) is 4.18 Å². The summed E-state index contributed by atoms with van der Waals surface area (Å²) < 4.78 is 28.1. The van der Waals surface area contributed by atoms with Gasteiger partial charge in [0, 0.05) is 31.4 Å². The molecule has 10 nitrogen and oxygen atoms in total. The van der Waals surface area contributed by atoms with E-state index in [1.807, 2.05) is 0 Å². The van der Waals surface area contributed by atoms with Gasteiger partial charge in [0.1, 0.15) is 0 Å². The third-order valence-corrected chi connectivity index (χ3v) is 5.53. The molecule has 2 aliphatic rings. The van der Waals surface area contributed by atoms with E-state index in [-0.39, 0.29) is 30.0 Å². The molecule has 1 aromatic carbocycles. The predicted molar refractivity (Wildman–Crippen MR) is 97.1 cm³/mol. The van der Waals surface area contributed by atoms with Crippen LogP contribution in [0.25, 0.3) is 0 Å². The van der Waals surface area contributed by atoms with E-state index >= 15 is 0 Å². The SMILES string of the molecule is O=C(CCCc1ccc(N2C(=O)C=CC2=O)cc1)OS(=O)(=O)N1C(=O)CCC1=O. The van der Waals surface area contributed by atoms with Gasteiger partial charge in [-0.1, -0.05) is 12.1 Å². The van der Waals surface area contributed by atoms with Gasteiger partial charge in [-0.05, 0) is 30.5 Å². The monoisotopic (exact) mass is 420 g/mol. The van der Waals surface area contributed by atoms with Crippen LogP contribution < -0.4 is 4.90 Å². The lowest BCUT2D eigenvalue weighted by atomic mass is 10.1. The molecule has 3 rings (SSSR count). The minimum atomic E-state index is -4.77. The van der Waals surface area contributed by atoms with Gasteiger partial charge in [0.2, 0.25) is 11.8 Å². The van der Waals surface area contributed by atoms with E-state index in [4.69, 9.17) is 0 Å². The number of carbonyl (C=O) groups is 5. The molecule has 0 saturated carbocycles. The van der Waals surface area contributed by atoms with Gasteiger partial charge in [-0.15, -0.1) is 4.31 Å². The predicted octanol–water partition coefficient (Wildman–Crippen LogP) is 0.376. The second-order valence-corrected chi connectivity index (χ2v) is 7.72.